The standard InChI is InChI=1S/C18H16ClF3N2O7S2/c1-17(27,18(20,21)22)16(26)23-14-8-7-12(9-13(14)19)33(30,31)24-15(25)10-3-5-11(6-4-10)32(2,28)29/h3-9,27H,1-2H3,(H,23,26)(H,24,25)/t17-/m1/s1. The van der Waals surface area contributed by atoms with Crippen LogP contribution in [0.2, 0.25) is 5.02 Å². The van der Waals surface area contributed by atoms with E-state index >= 15 is 0 Å². The summed E-state index contributed by atoms with van der Waals surface area (Å²) in [7, 11) is -8.04. The minimum atomic E-state index is -5.28. The molecule has 0 spiro atoms. The van der Waals surface area contributed by atoms with Crippen LogP contribution in [0.3, 0.4) is 0 Å². The van der Waals surface area contributed by atoms with E-state index < -0.39 is 59.1 Å². The molecule has 0 saturated heterocycles. The Hall–Kier alpha value is -2.68. The third-order valence-electron chi connectivity index (χ3n) is 4.26. The van der Waals surface area contributed by atoms with Gasteiger partial charge in [-0.2, -0.15) is 13.2 Å². The van der Waals surface area contributed by atoms with E-state index in [4.69, 9.17) is 11.6 Å². The first kappa shape index (κ1) is 26.6. The lowest BCUT2D eigenvalue weighted by atomic mass is 10.1. The van der Waals surface area contributed by atoms with Gasteiger partial charge >= 0.3 is 6.18 Å². The molecule has 3 N–H and O–H groups in total. The summed E-state index contributed by atoms with van der Waals surface area (Å²) in [5.74, 6) is -2.94. The molecule has 1 atom stereocenters. The lowest BCUT2D eigenvalue weighted by Crippen LogP contribution is -2.52. The molecule has 0 unspecified atom stereocenters. The van der Waals surface area contributed by atoms with Crippen LogP contribution in [0, 0.1) is 0 Å². The number of carbonyl (C=O) groups excluding carboxylic acids is 2. The summed E-state index contributed by atoms with van der Waals surface area (Å²) < 4.78 is 87.8. The summed E-state index contributed by atoms with van der Waals surface area (Å²) in [6.45, 7) is 0.229. The highest BCUT2D eigenvalue weighted by atomic mass is 35.5. The number of amides is 2. The Morgan fingerprint density at radius 1 is 0.970 bits per heavy atom. The highest BCUT2D eigenvalue weighted by molar-refractivity contribution is 7.90. The molecule has 2 aromatic carbocycles. The minimum Gasteiger partial charge on any atom is -0.373 e. The van der Waals surface area contributed by atoms with Crippen molar-refractivity contribution < 1.29 is 44.7 Å². The third kappa shape index (κ3) is 6.01. The van der Waals surface area contributed by atoms with E-state index in [1.165, 1.54) is 0 Å². The van der Waals surface area contributed by atoms with Crippen molar-refractivity contribution in [3.63, 3.8) is 0 Å². The number of hydrogen-bond acceptors (Lipinski definition) is 7. The number of hydrogen-bond donors (Lipinski definition) is 3. The molecule has 0 saturated carbocycles. The van der Waals surface area contributed by atoms with Gasteiger partial charge in [0.2, 0.25) is 5.60 Å². The predicted octanol–water partition coefficient (Wildman–Crippen LogP) is 2.11. The van der Waals surface area contributed by atoms with Gasteiger partial charge in [0, 0.05) is 11.8 Å². The van der Waals surface area contributed by atoms with Crippen LogP contribution in [-0.2, 0) is 24.7 Å². The molecule has 0 heterocycles. The van der Waals surface area contributed by atoms with Gasteiger partial charge < -0.3 is 10.4 Å². The quantitative estimate of drug-likeness (QED) is 0.520. The van der Waals surface area contributed by atoms with E-state index in [2.05, 4.69) is 0 Å². The molecule has 0 radical (unpaired) electrons. The molecule has 180 valence electrons. The molecule has 0 aliphatic heterocycles. The van der Waals surface area contributed by atoms with Crippen LogP contribution in [0.1, 0.15) is 17.3 Å². The summed E-state index contributed by atoms with van der Waals surface area (Å²) >= 11 is 5.85. The fourth-order valence-corrected chi connectivity index (χ4v) is 4.15. The van der Waals surface area contributed by atoms with E-state index in [9.17, 15) is 44.7 Å². The van der Waals surface area contributed by atoms with Crippen molar-refractivity contribution in [2.24, 2.45) is 0 Å². The maximum Gasteiger partial charge on any atom is 0.426 e. The number of sulfone groups is 1. The number of aliphatic hydroxyl groups is 1. The van der Waals surface area contributed by atoms with E-state index in [1.54, 1.807) is 10.0 Å². The second-order valence-corrected chi connectivity index (χ2v) is 11.0. The van der Waals surface area contributed by atoms with Gasteiger partial charge in [-0.15, -0.1) is 0 Å². The third-order valence-corrected chi connectivity index (χ3v) is 7.03. The summed E-state index contributed by atoms with van der Waals surface area (Å²) in [6.07, 6.45) is -4.33. The second kappa shape index (κ2) is 8.93. The molecule has 2 aromatic rings. The van der Waals surface area contributed by atoms with Crippen molar-refractivity contribution in [3.05, 3.63) is 53.1 Å². The minimum absolute atomic E-state index is 0.0872. The number of sulfonamides is 1. The Bertz CT molecular complexity index is 1310. The highest BCUT2D eigenvalue weighted by Crippen LogP contribution is 2.32. The average molecular weight is 529 g/mol. The molecule has 0 aliphatic carbocycles. The maximum atomic E-state index is 12.8. The van der Waals surface area contributed by atoms with Crippen LogP contribution in [0.5, 0.6) is 0 Å². The van der Waals surface area contributed by atoms with Gasteiger partial charge in [-0.25, -0.2) is 21.6 Å². The molecule has 9 nitrogen and oxygen atoms in total. The van der Waals surface area contributed by atoms with Crippen molar-refractivity contribution in [3.8, 4) is 0 Å². The number of anilines is 1. The van der Waals surface area contributed by atoms with Crippen LogP contribution >= 0.6 is 11.6 Å². The predicted molar refractivity (Wildman–Crippen MR) is 111 cm³/mol. The van der Waals surface area contributed by atoms with Crippen LogP contribution in [-0.4, -0.2) is 51.8 Å². The summed E-state index contributed by atoms with van der Waals surface area (Å²) in [4.78, 5) is 23.3. The lowest BCUT2D eigenvalue weighted by Gasteiger charge is -2.25. The molecular weight excluding hydrogens is 513 g/mol. The van der Waals surface area contributed by atoms with Crippen LogP contribution in [0.4, 0.5) is 18.9 Å². The fourth-order valence-electron chi connectivity index (χ4n) is 2.23. The Morgan fingerprint density at radius 2 is 1.48 bits per heavy atom. The molecule has 0 aromatic heterocycles. The molecule has 0 fully saturated rings. The van der Waals surface area contributed by atoms with Crippen LogP contribution in [0.15, 0.2) is 52.3 Å². The Kier molecular flexibility index (Phi) is 7.19. The molecule has 0 bridgehead atoms. The first-order valence-corrected chi connectivity index (χ1v) is 12.4. The molecule has 2 amide bonds. The zero-order chi connectivity index (χ0) is 25.4. The van der Waals surface area contributed by atoms with E-state index in [0.29, 0.717) is 0 Å². The Morgan fingerprint density at radius 3 is 1.94 bits per heavy atom. The second-order valence-electron chi connectivity index (χ2n) is 6.90. The van der Waals surface area contributed by atoms with Gasteiger partial charge in [0.15, 0.2) is 9.84 Å². The summed E-state index contributed by atoms with van der Waals surface area (Å²) in [6, 6.07) is 6.90. The van der Waals surface area contributed by atoms with Crippen molar-refractivity contribution in [1.29, 1.82) is 0 Å². The van der Waals surface area contributed by atoms with Gasteiger partial charge in [-0.05, 0) is 49.4 Å². The largest absolute Gasteiger partial charge is 0.426 e. The number of carbonyl (C=O) groups is 2. The number of benzene rings is 2. The Balaban J connectivity index is 2.22. The first-order valence-electron chi connectivity index (χ1n) is 8.63. The summed E-state index contributed by atoms with van der Waals surface area (Å²) in [5, 5.41) is 10.6. The molecular formula is C18H16ClF3N2O7S2. The summed E-state index contributed by atoms with van der Waals surface area (Å²) in [5.41, 5.74) is -4.33. The zero-order valence-electron chi connectivity index (χ0n) is 16.8. The van der Waals surface area contributed by atoms with Gasteiger partial charge in [0.1, 0.15) is 0 Å². The lowest BCUT2D eigenvalue weighted by molar-refractivity contribution is -0.242. The topological polar surface area (TPSA) is 147 Å². The zero-order valence-corrected chi connectivity index (χ0v) is 19.2. The van der Waals surface area contributed by atoms with Crippen molar-refractivity contribution in [2.45, 2.75) is 28.5 Å². The highest BCUT2D eigenvalue weighted by Gasteiger charge is 2.55. The van der Waals surface area contributed by atoms with Gasteiger partial charge in [-0.3, -0.25) is 9.59 Å². The normalized spacial score (nSPS) is 14.3. The monoisotopic (exact) mass is 528 g/mol. The van der Waals surface area contributed by atoms with E-state index in [-0.39, 0.29) is 17.4 Å². The van der Waals surface area contributed by atoms with Crippen molar-refractivity contribution in [2.75, 3.05) is 11.6 Å². The van der Waals surface area contributed by atoms with Crippen molar-refractivity contribution in [1.82, 2.24) is 4.72 Å². The molecule has 33 heavy (non-hydrogen) atoms. The maximum absolute atomic E-state index is 12.8. The SMILES string of the molecule is C[C@@](O)(C(=O)Nc1ccc(S(=O)(=O)NC(=O)c2ccc(S(C)(=O)=O)cc2)cc1Cl)C(F)(F)F. The first-order chi connectivity index (χ1) is 14.9. The van der Waals surface area contributed by atoms with Crippen molar-refractivity contribution >= 4 is 49.0 Å². The van der Waals surface area contributed by atoms with Crippen LogP contribution in [0.25, 0.3) is 0 Å². The van der Waals surface area contributed by atoms with Gasteiger partial charge in [-0.1, -0.05) is 11.6 Å². The van der Waals surface area contributed by atoms with Crippen LogP contribution < -0.4 is 10.0 Å². The number of alkyl halides is 3. The fraction of sp³-hybridized carbons (Fsp3) is 0.222. The number of rotatable bonds is 6. The Labute approximate surface area is 191 Å². The van der Waals surface area contributed by atoms with E-state index in [0.717, 1.165) is 48.7 Å². The van der Waals surface area contributed by atoms with E-state index in [1.807, 2.05) is 0 Å². The average Bonchev–Trinajstić information content (AvgIpc) is 2.67. The number of nitrogens with one attached hydrogen (secondary N) is 2. The smallest absolute Gasteiger partial charge is 0.373 e. The van der Waals surface area contributed by atoms with Gasteiger partial charge in [0.25, 0.3) is 21.8 Å². The molecule has 2 rings (SSSR count). The van der Waals surface area contributed by atoms with Gasteiger partial charge in [0.05, 0.1) is 20.5 Å². The molecule has 0 aliphatic rings. The molecule has 15 heteroatoms. The number of halogens is 4.